The number of amides is 3. The van der Waals surface area contributed by atoms with Gasteiger partial charge in [-0.2, -0.15) is 0 Å². The molecule has 1 atom stereocenters. The molecule has 2 aromatic rings. The molecule has 3 heterocycles. The Morgan fingerprint density at radius 3 is 2.45 bits per heavy atom. The summed E-state index contributed by atoms with van der Waals surface area (Å²) in [4.78, 5) is 47.5. The van der Waals surface area contributed by atoms with E-state index in [4.69, 9.17) is 17.3 Å². The molecular formula is C22H27ClN6O3S. The van der Waals surface area contributed by atoms with Crippen molar-refractivity contribution in [2.45, 2.75) is 18.9 Å². The molecule has 0 radical (unpaired) electrons. The van der Waals surface area contributed by atoms with Crippen molar-refractivity contribution in [1.82, 2.24) is 19.7 Å². The monoisotopic (exact) mass is 490 g/mol. The SMILES string of the molecule is NC1CCN(C(=O)CN2CCN(C(=O)Cc3csc(NC(=O)c4ccc(Cl)cc4)n3)CC2)C1. The Morgan fingerprint density at radius 2 is 1.79 bits per heavy atom. The highest BCUT2D eigenvalue weighted by Gasteiger charge is 2.27. The van der Waals surface area contributed by atoms with Crippen molar-refractivity contribution in [3.8, 4) is 0 Å². The number of hydrogen-bond acceptors (Lipinski definition) is 7. The molecule has 0 spiro atoms. The third kappa shape index (κ3) is 6.29. The molecule has 0 bridgehead atoms. The number of nitrogens with two attached hydrogens (primary N) is 1. The Balaban J connectivity index is 1.22. The van der Waals surface area contributed by atoms with Crippen LogP contribution >= 0.6 is 22.9 Å². The maximum Gasteiger partial charge on any atom is 0.257 e. The summed E-state index contributed by atoms with van der Waals surface area (Å²) in [5, 5.41) is 5.54. The van der Waals surface area contributed by atoms with E-state index in [1.165, 1.54) is 11.3 Å². The Bertz CT molecular complexity index is 1010. The van der Waals surface area contributed by atoms with Crippen LogP contribution in [-0.4, -0.2) is 89.3 Å². The molecule has 2 fully saturated rings. The van der Waals surface area contributed by atoms with Crippen LogP contribution in [0.2, 0.25) is 5.02 Å². The first-order valence-corrected chi connectivity index (χ1v) is 12.2. The number of rotatable bonds is 6. The molecular weight excluding hydrogens is 464 g/mol. The second-order valence-electron chi connectivity index (χ2n) is 8.33. The third-order valence-corrected chi connectivity index (χ3v) is 6.93. The number of benzene rings is 1. The van der Waals surface area contributed by atoms with Crippen molar-refractivity contribution < 1.29 is 14.4 Å². The van der Waals surface area contributed by atoms with Gasteiger partial charge in [-0.05, 0) is 30.7 Å². The van der Waals surface area contributed by atoms with Crippen molar-refractivity contribution in [2.24, 2.45) is 5.73 Å². The summed E-state index contributed by atoms with van der Waals surface area (Å²) in [5.74, 6) is -0.175. The number of likely N-dealkylation sites (tertiary alicyclic amines) is 1. The molecule has 4 rings (SSSR count). The minimum absolute atomic E-state index is 0.00706. The number of hydrogen-bond donors (Lipinski definition) is 2. The number of halogens is 1. The molecule has 3 N–H and O–H groups in total. The van der Waals surface area contributed by atoms with Crippen molar-refractivity contribution in [1.29, 1.82) is 0 Å². The molecule has 176 valence electrons. The van der Waals surface area contributed by atoms with Crippen LogP contribution < -0.4 is 11.1 Å². The smallest absolute Gasteiger partial charge is 0.257 e. The number of carbonyl (C=O) groups excluding carboxylic acids is 3. The number of aromatic nitrogens is 1. The molecule has 1 unspecified atom stereocenters. The summed E-state index contributed by atoms with van der Waals surface area (Å²) in [7, 11) is 0. The molecule has 9 nitrogen and oxygen atoms in total. The Morgan fingerprint density at radius 1 is 1.06 bits per heavy atom. The zero-order chi connectivity index (χ0) is 23.4. The second kappa shape index (κ2) is 10.6. The van der Waals surface area contributed by atoms with E-state index in [0.717, 1.165) is 13.0 Å². The van der Waals surface area contributed by atoms with Crippen LogP contribution in [-0.2, 0) is 16.0 Å². The number of piperazine rings is 1. The van der Waals surface area contributed by atoms with Gasteiger partial charge in [-0.1, -0.05) is 11.6 Å². The molecule has 1 aromatic carbocycles. The van der Waals surface area contributed by atoms with Crippen LogP contribution in [0, 0.1) is 0 Å². The Labute approximate surface area is 201 Å². The summed E-state index contributed by atoms with van der Waals surface area (Å²) in [6.45, 7) is 4.22. The highest BCUT2D eigenvalue weighted by Crippen LogP contribution is 2.19. The van der Waals surface area contributed by atoms with Gasteiger partial charge in [0.1, 0.15) is 0 Å². The summed E-state index contributed by atoms with van der Waals surface area (Å²) in [5.41, 5.74) is 6.99. The Hall–Kier alpha value is -2.53. The highest BCUT2D eigenvalue weighted by molar-refractivity contribution is 7.14. The fraction of sp³-hybridized carbons (Fsp3) is 0.455. The standard InChI is InChI=1S/C22H27ClN6O3S/c23-16-3-1-15(2-4-16)21(32)26-22-25-18(14-33-22)11-19(30)28-9-7-27(8-10-28)13-20(31)29-6-5-17(24)12-29/h1-4,14,17H,5-13,24H2,(H,25,26,32). The van der Waals surface area contributed by atoms with Gasteiger partial charge in [-0.15, -0.1) is 11.3 Å². The largest absolute Gasteiger partial charge is 0.340 e. The van der Waals surface area contributed by atoms with Crippen LogP contribution in [0.4, 0.5) is 5.13 Å². The lowest BCUT2D eigenvalue weighted by atomic mass is 10.2. The van der Waals surface area contributed by atoms with Gasteiger partial charge >= 0.3 is 0 Å². The minimum Gasteiger partial charge on any atom is -0.340 e. The molecule has 11 heteroatoms. The molecule has 0 aliphatic carbocycles. The van der Waals surface area contributed by atoms with Gasteiger partial charge in [-0.3, -0.25) is 24.6 Å². The van der Waals surface area contributed by atoms with Gasteiger partial charge in [0.15, 0.2) is 5.13 Å². The number of thiazole rings is 1. The lowest BCUT2D eigenvalue weighted by Crippen LogP contribution is -2.51. The van der Waals surface area contributed by atoms with E-state index in [1.807, 2.05) is 4.90 Å². The van der Waals surface area contributed by atoms with E-state index in [9.17, 15) is 14.4 Å². The topological polar surface area (TPSA) is 112 Å². The maximum absolute atomic E-state index is 12.7. The Kier molecular flexibility index (Phi) is 7.59. The zero-order valence-corrected chi connectivity index (χ0v) is 19.8. The molecule has 2 aliphatic rings. The van der Waals surface area contributed by atoms with E-state index in [0.29, 0.717) is 60.7 Å². The molecule has 0 saturated carbocycles. The van der Waals surface area contributed by atoms with E-state index < -0.39 is 0 Å². The maximum atomic E-state index is 12.7. The first kappa shape index (κ1) is 23.6. The predicted octanol–water partition coefficient (Wildman–Crippen LogP) is 1.30. The third-order valence-electron chi connectivity index (χ3n) is 5.87. The van der Waals surface area contributed by atoms with Crippen molar-refractivity contribution in [3.05, 3.63) is 45.9 Å². The summed E-state index contributed by atoms with van der Waals surface area (Å²) in [6.07, 6.45) is 1.04. The average Bonchev–Trinajstić information content (AvgIpc) is 3.43. The van der Waals surface area contributed by atoms with Gasteiger partial charge in [-0.25, -0.2) is 4.98 Å². The van der Waals surface area contributed by atoms with Crippen molar-refractivity contribution in [3.63, 3.8) is 0 Å². The summed E-state index contributed by atoms with van der Waals surface area (Å²) >= 11 is 7.14. The fourth-order valence-corrected chi connectivity index (χ4v) is 4.77. The average molecular weight is 491 g/mol. The van der Waals surface area contributed by atoms with Crippen LogP contribution in [0.25, 0.3) is 0 Å². The van der Waals surface area contributed by atoms with Gasteiger partial charge in [0, 0.05) is 61.3 Å². The number of nitrogens with zero attached hydrogens (tertiary/aromatic N) is 4. The molecule has 2 aliphatic heterocycles. The van der Waals surface area contributed by atoms with E-state index in [-0.39, 0.29) is 30.2 Å². The molecule has 3 amide bonds. The number of carbonyl (C=O) groups is 3. The van der Waals surface area contributed by atoms with Crippen LogP contribution in [0.5, 0.6) is 0 Å². The van der Waals surface area contributed by atoms with Gasteiger partial charge in [0.05, 0.1) is 18.7 Å². The van der Waals surface area contributed by atoms with Crippen LogP contribution in [0.1, 0.15) is 22.5 Å². The summed E-state index contributed by atoms with van der Waals surface area (Å²) in [6, 6.07) is 6.67. The normalized spacial score (nSPS) is 19.0. The van der Waals surface area contributed by atoms with E-state index in [2.05, 4.69) is 15.2 Å². The zero-order valence-electron chi connectivity index (χ0n) is 18.2. The minimum atomic E-state index is -0.277. The van der Waals surface area contributed by atoms with E-state index >= 15 is 0 Å². The van der Waals surface area contributed by atoms with Gasteiger partial charge in [0.2, 0.25) is 11.8 Å². The second-order valence-corrected chi connectivity index (χ2v) is 9.62. The highest BCUT2D eigenvalue weighted by atomic mass is 35.5. The summed E-state index contributed by atoms with van der Waals surface area (Å²) < 4.78 is 0. The fourth-order valence-electron chi connectivity index (χ4n) is 3.94. The van der Waals surface area contributed by atoms with Crippen molar-refractivity contribution in [2.75, 3.05) is 51.1 Å². The number of anilines is 1. The van der Waals surface area contributed by atoms with E-state index in [1.54, 1.807) is 34.5 Å². The van der Waals surface area contributed by atoms with Crippen LogP contribution in [0.3, 0.4) is 0 Å². The lowest BCUT2D eigenvalue weighted by molar-refractivity contribution is -0.134. The van der Waals surface area contributed by atoms with Gasteiger partial charge < -0.3 is 15.5 Å². The number of nitrogens with one attached hydrogen (secondary N) is 1. The first-order chi connectivity index (χ1) is 15.9. The lowest BCUT2D eigenvalue weighted by Gasteiger charge is -2.35. The molecule has 2 saturated heterocycles. The van der Waals surface area contributed by atoms with Crippen molar-refractivity contribution >= 4 is 45.8 Å². The predicted molar refractivity (Wildman–Crippen MR) is 127 cm³/mol. The molecule has 33 heavy (non-hydrogen) atoms. The first-order valence-electron chi connectivity index (χ1n) is 10.9. The molecule has 1 aromatic heterocycles. The van der Waals surface area contributed by atoms with Crippen LogP contribution in [0.15, 0.2) is 29.6 Å². The quantitative estimate of drug-likeness (QED) is 0.631. The van der Waals surface area contributed by atoms with Gasteiger partial charge in [0.25, 0.3) is 5.91 Å².